The van der Waals surface area contributed by atoms with Crippen molar-refractivity contribution in [1.29, 1.82) is 0 Å². The lowest BCUT2D eigenvalue weighted by Gasteiger charge is -2.15. The highest BCUT2D eigenvalue weighted by Crippen LogP contribution is 2.33. The van der Waals surface area contributed by atoms with Crippen LogP contribution in [-0.4, -0.2) is 18.3 Å². The summed E-state index contributed by atoms with van der Waals surface area (Å²) in [4.78, 5) is 0. The number of rotatable bonds is 8. The van der Waals surface area contributed by atoms with Gasteiger partial charge in [0.1, 0.15) is 17.1 Å². The molecule has 3 aromatic carbocycles. The molecule has 0 radical (unpaired) electrons. The quantitative estimate of drug-likeness (QED) is 0.347. The highest BCUT2D eigenvalue weighted by molar-refractivity contribution is 5.76. The maximum absolute atomic E-state index is 5.69. The molecule has 0 aliphatic carbocycles. The summed E-state index contributed by atoms with van der Waals surface area (Å²) in [5, 5.41) is 7.83. The van der Waals surface area contributed by atoms with Crippen LogP contribution in [0, 0.1) is 6.92 Å². The number of methoxy groups -OCH3 is 1. The molecule has 4 nitrogen and oxygen atoms in total. The van der Waals surface area contributed by atoms with Crippen LogP contribution < -0.4 is 10.1 Å². The van der Waals surface area contributed by atoms with Crippen LogP contribution in [0.25, 0.3) is 22.5 Å². The molecule has 1 heterocycles. The van der Waals surface area contributed by atoms with Gasteiger partial charge in [-0.3, -0.25) is 0 Å². The van der Waals surface area contributed by atoms with E-state index in [-0.39, 0.29) is 6.04 Å². The molecule has 0 fully saturated rings. The first-order chi connectivity index (χ1) is 15.1. The predicted molar refractivity (Wildman–Crippen MR) is 127 cm³/mol. The Hall–Kier alpha value is -3.53. The van der Waals surface area contributed by atoms with Crippen LogP contribution in [0.4, 0.5) is 5.69 Å². The van der Waals surface area contributed by atoms with E-state index in [9.17, 15) is 0 Å². The zero-order valence-electron chi connectivity index (χ0n) is 18.3. The molecule has 0 aliphatic rings. The Morgan fingerprint density at radius 1 is 0.871 bits per heavy atom. The minimum atomic E-state index is 0.280. The summed E-state index contributed by atoms with van der Waals surface area (Å²) in [5.74, 6) is 1.67. The third-order valence-electron chi connectivity index (χ3n) is 5.53. The lowest BCUT2D eigenvalue weighted by Crippen LogP contribution is -2.16. The second kappa shape index (κ2) is 9.52. The van der Waals surface area contributed by atoms with E-state index in [1.165, 1.54) is 16.7 Å². The van der Waals surface area contributed by atoms with Crippen molar-refractivity contribution in [2.75, 3.05) is 12.4 Å². The summed E-state index contributed by atoms with van der Waals surface area (Å²) in [5.41, 5.74) is 6.54. The lowest BCUT2D eigenvalue weighted by molar-refractivity contribution is 0.414. The molecule has 1 atom stereocenters. The van der Waals surface area contributed by atoms with Crippen LogP contribution in [0.1, 0.15) is 24.6 Å². The number of benzene rings is 3. The molecule has 4 heteroatoms. The van der Waals surface area contributed by atoms with E-state index in [0.717, 1.165) is 41.3 Å². The van der Waals surface area contributed by atoms with Gasteiger partial charge in [-0.05, 0) is 55.5 Å². The largest absolute Gasteiger partial charge is 0.497 e. The van der Waals surface area contributed by atoms with E-state index in [4.69, 9.17) is 9.26 Å². The number of hydrogen-bond acceptors (Lipinski definition) is 4. The number of anilines is 1. The van der Waals surface area contributed by atoms with Crippen molar-refractivity contribution in [3.8, 4) is 28.2 Å². The highest BCUT2D eigenvalue weighted by atomic mass is 16.5. The molecule has 0 saturated carbocycles. The summed E-state index contributed by atoms with van der Waals surface area (Å²) in [6.07, 6.45) is 1.99. The second-order valence-corrected chi connectivity index (χ2v) is 7.85. The molecular weight excluding hydrogens is 384 g/mol. The molecule has 4 aromatic rings. The molecule has 158 valence electrons. The third-order valence-corrected chi connectivity index (χ3v) is 5.53. The molecule has 1 unspecified atom stereocenters. The van der Waals surface area contributed by atoms with Crippen molar-refractivity contribution in [1.82, 2.24) is 5.16 Å². The van der Waals surface area contributed by atoms with Crippen molar-refractivity contribution >= 4 is 5.69 Å². The Morgan fingerprint density at radius 2 is 1.52 bits per heavy atom. The average Bonchev–Trinajstić information content (AvgIpc) is 3.18. The third kappa shape index (κ3) is 4.97. The maximum atomic E-state index is 5.69. The number of aryl methyl sites for hydroxylation is 2. The van der Waals surface area contributed by atoms with Gasteiger partial charge in [-0.1, -0.05) is 71.9 Å². The van der Waals surface area contributed by atoms with Crippen molar-refractivity contribution < 1.29 is 9.26 Å². The Kier molecular flexibility index (Phi) is 6.37. The Bertz CT molecular complexity index is 1100. The molecule has 31 heavy (non-hydrogen) atoms. The van der Waals surface area contributed by atoms with Gasteiger partial charge in [0.15, 0.2) is 5.76 Å². The van der Waals surface area contributed by atoms with Gasteiger partial charge in [-0.15, -0.1) is 0 Å². The monoisotopic (exact) mass is 412 g/mol. The summed E-state index contributed by atoms with van der Waals surface area (Å²) >= 11 is 0. The smallest absolute Gasteiger partial charge is 0.190 e. The Morgan fingerprint density at radius 3 is 2.19 bits per heavy atom. The molecule has 0 saturated heterocycles. The lowest BCUT2D eigenvalue weighted by atomic mass is 10.0. The van der Waals surface area contributed by atoms with Crippen LogP contribution in [0.2, 0.25) is 0 Å². The van der Waals surface area contributed by atoms with E-state index < -0.39 is 0 Å². The maximum Gasteiger partial charge on any atom is 0.190 e. The highest BCUT2D eigenvalue weighted by Gasteiger charge is 2.17. The zero-order chi connectivity index (χ0) is 21.6. The number of hydrogen-bond donors (Lipinski definition) is 1. The van der Waals surface area contributed by atoms with Crippen molar-refractivity contribution in [3.05, 3.63) is 90.1 Å². The zero-order valence-corrected chi connectivity index (χ0v) is 18.3. The Balaban J connectivity index is 1.44. The minimum absolute atomic E-state index is 0.280. The number of nitrogens with one attached hydrogen (secondary N) is 1. The molecule has 0 amide bonds. The van der Waals surface area contributed by atoms with E-state index in [1.54, 1.807) is 7.11 Å². The molecule has 0 spiro atoms. The number of ether oxygens (including phenoxy) is 1. The Labute approximate surface area is 183 Å². The molecule has 0 aliphatic heterocycles. The van der Waals surface area contributed by atoms with Gasteiger partial charge in [-0.25, -0.2) is 0 Å². The molecule has 0 bridgehead atoms. The van der Waals surface area contributed by atoms with Crippen LogP contribution in [0.5, 0.6) is 5.75 Å². The van der Waals surface area contributed by atoms with Crippen LogP contribution in [0.3, 0.4) is 0 Å². The van der Waals surface area contributed by atoms with Gasteiger partial charge < -0.3 is 14.6 Å². The number of nitrogens with zero attached hydrogens (tertiary/aromatic N) is 1. The summed E-state index contributed by atoms with van der Waals surface area (Å²) < 4.78 is 10.9. The van der Waals surface area contributed by atoms with Crippen molar-refractivity contribution in [3.63, 3.8) is 0 Å². The van der Waals surface area contributed by atoms with Crippen molar-refractivity contribution in [2.24, 2.45) is 0 Å². The van der Waals surface area contributed by atoms with Gasteiger partial charge in [0, 0.05) is 11.6 Å². The van der Waals surface area contributed by atoms with Crippen LogP contribution in [0.15, 0.2) is 83.4 Å². The van der Waals surface area contributed by atoms with Gasteiger partial charge in [0.2, 0.25) is 0 Å². The van der Waals surface area contributed by atoms with Gasteiger partial charge >= 0.3 is 0 Å². The summed E-state index contributed by atoms with van der Waals surface area (Å²) in [6.45, 7) is 4.17. The number of aromatic nitrogens is 1. The molecular formula is C27H28N2O2. The SMILES string of the molecule is COc1ccc(CCC(C)Nc2c(C)noc2-c2ccc(-c3ccccc3)cc2)cc1. The minimum Gasteiger partial charge on any atom is -0.497 e. The predicted octanol–water partition coefficient (Wildman–Crippen LogP) is 6.76. The van der Waals surface area contributed by atoms with Gasteiger partial charge in [0.05, 0.1) is 7.11 Å². The molecule has 4 rings (SSSR count). The first-order valence-corrected chi connectivity index (χ1v) is 10.7. The fourth-order valence-corrected chi connectivity index (χ4v) is 3.68. The van der Waals surface area contributed by atoms with Gasteiger partial charge in [0.25, 0.3) is 0 Å². The standard InChI is InChI=1S/C27H28N2O2/c1-19(9-10-21-11-17-25(30-3)18-12-21)28-26-20(2)29-31-27(26)24-15-13-23(14-16-24)22-7-5-4-6-8-22/h4-8,11-19,28H,9-10H2,1-3H3. The van der Waals surface area contributed by atoms with Crippen LogP contribution in [-0.2, 0) is 6.42 Å². The van der Waals surface area contributed by atoms with E-state index >= 15 is 0 Å². The van der Waals surface area contributed by atoms with E-state index in [0.29, 0.717) is 0 Å². The van der Waals surface area contributed by atoms with Crippen molar-refractivity contribution in [2.45, 2.75) is 32.7 Å². The fraction of sp³-hybridized carbons (Fsp3) is 0.222. The molecule has 1 aromatic heterocycles. The van der Waals surface area contributed by atoms with Gasteiger partial charge in [-0.2, -0.15) is 0 Å². The molecule has 1 N–H and O–H groups in total. The fourth-order valence-electron chi connectivity index (χ4n) is 3.68. The summed E-state index contributed by atoms with van der Waals surface area (Å²) in [6, 6.07) is 27.3. The average molecular weight is 413 g/mol. The topological polar surface area (TPSA) is 47.3 Å². The van der Waals surface area contributed by atoms with E-state index in [1.807, 2.05) is 25.1 Å². The first-order valence-electron chi connectivity index (χ1n) is 10.7. The van der Waals surface area contributed by atoms with E-state index in [2.05, 4.69) is 78.1 Å². The van der Waals surface area contributed by atoms with Crippen LogP contribution >= 0.6 is 0 Å². The first kappa shape index (κ1) is 20.7. The normalized spacial score (nSPS) is 11.8. The second-order valence-electron chi connectivity index (χ2n) is 7.85. The summed E-state index contributed by atoms with van der Waals surface area (Å²) in [7, 11) is 1.69.